The summed E-state index contributed by atoms with van der Waals surface area (Å²) >= 11 is 0. The summed E-state index contributed by atoms with van der Waals surface area (Å²) in [6, 6.07) is 5.33. The normalized spacial score (nSPS) is 22.1. The van der Waals surface area contributed by atoms with Crippen LogP contribution in [0.1, 0.15) is 44.4 Å². The number of benzene rings is 1. The number of hydrogen-bond acceptors (Lipinski definition) is 3. The Kier molecular flexibility index (Phi) is 10.5. The highest BCUT2D eigenvalue weighted by molar-refractivity contribution is 14.0. The first-order chi connectivity index (χ1) is 12.4. The van der Waals surface area contributed by atoms with Crippen molar-refractivity contribution in [3.63, 3.8) is 0 Å². The summed E-state index contributed by atoms with van der Waals surface area (Å²) in [5.74, 6) is 0.565. The lowest BCUT2D eigenvalue weighted by Gasteiger charge is -2.35. The van der Waals surface area contributed by atoms with Crippen molar-refractivity contribution in [2.45, 2.75) is 52.4 Å². The van der Waals surface area contributed by atoms with Gasteiger partial charge >= 0.3 is 0 Å². The molecular weight excluding hydrogens is 458 g/mol. The van der Waals surface area contributed by atoms with Crippen LogP contribution in [0, 0.1) is 12.7 Å². The van der Waals surface area contributed by atoms with Crippen molar-refractivity contribution < 1.29 is 9.13 Å². The molecule has 3 atom stereocenters. The minimum absolute atomic E-state index is 0. The maximum Gasteiger partial charge on any atom is 0.191 e. The monoisotopic (exact) mass is 492 g/mol. The third-order valence-electron chi connectivity index (χ3n) is 4.71. The fourth-order valence-corrected chi connectivity index (χ4v) is 3.34. The van der Waals surface area contributed by atoms with Gasteiger partial charge in [0, 0.05) is 33.2 Å². The Morgan fingerprint density at radius 3 is 2.59 bits per heavy atom. The zero-order valence-corrected chi connectivity index (χ0v) is 19.4. The van der Waals surface area contributed by atoms with Crippen LogP contribution in [0.3, 0.4) is 0 Å². The molecule has 7 heteroatoms. The second kappa shape index (κ2) is 11.8. The lowest BCUT2D eigenvalue weighted by Crippen LogP contribution is -2.46. The van der Waals surface area contributed by atoms with Crippen LogP contribution in [0.2, 0.25) is 0 Å². The first-order valence-corrected chi connectivity index (χ1v) is 9.50. The molecule has 2 N–H and O–H groups in total. The van der Waals surface area contributed by atoms with E-state index in [1.165, 1.54) is 0 Å². The highest BCUT2D eigenvalue weighted by atomic mass is 127. The average Bonchev–Trinajstić information content (AvgIpc) is 2.59. The van der Waals surface area contributed by atoms with Gasteiger partial charge in [0.1, 0.15) is 5.82 Å². The van der Waals surface area contributed by atoms with Crippen LogP contribution in [0.25, 0.3) is 0 Å². The Morgan fingerprint density at radius 1 is 1.33 bits per heavy atom. The second-order valence-electron chi connectivity index (χ2n) is 7.24. The van der Waals surface area contributed by atoms with Crippen LogP contribution < -0.4 is 10.6 Å². The lowest BCUT2D eigenvalue weighted by molar-refractivity contribution is -0.0679. The standard InChI is InChI=1S/C20H33FN4O.HI/c1-14-7-8-18(11-19(14)21)17(4)24-20(22-5)23-9-6-10-25-12-15(2)26-16(3)13-25;/h7-8,11,15-17H,6,9-10,12-13H2,1-5H3,(H2,22,23,24);1H. The van der Waals surface area contributed by atoms with Crippen molar-refractivity contribution in [1.29, 1.82) is 0 Å². The number of hydrogen-bond donors (Lipinski definition) is 2. The molecule has 0 spiro atoms. The minimum atomic E-state index is -0.173. The maximum atomic E-state index is 13.8. The number of ether oxygens (including phenoxy) is 1. The van der Waals surface area contributed by atoms with E-state index in [2.05, 4.69) is 34.4 Å². The highest BCUT2D eigenvalue weighted by Gasteiger charge is 2.21. The van der Waals surface area contributed by atoms with Crippen LogP contribution >= 0.6 is 24.0 Å². The van der Waals surface area contributed by atoms with E-state index in [0.29, 0.717) is 17.8 Å². The van der Waals surface area contributed by atoms with Gasteiger partial charge < -0.3 is 15.4 Å². The number of aryl methyl sites for hydroxylation is 1. The fourth-order valence-electron chi connectivity index (χ4n) is 3.34. The summed E-state index contributed by atoms with van der Waals surface area (Å²) in [6.45, 7) is 11.9. The van der Waals surface area contributed by atoms with Crippen molar-refractivity contribution in [2.24, 2.45) is 4.99 Å². The number of nitrogens with one attached hydrogen (secondary N) is 2. The van der Waals surface area contributed by atoms with Crippen LogP contribution in [-0.4, -0.2) is 56.3 Å². The molecular formula is C20H34FIN4O. The Hall–Kier alpha value is -0.930. The molecule has 1 fully saturated rings. The number of morpholine rings is 1. The van der Waals surface area contributed by atoms with Crippen molar-refractivity contribution in [3.8, 4) is 0 Å². The van der Waals surface area contributed by atoms with Crippen molar-refractivity contribution in [3.05, 3.63) is 35.1 Å². The van der Waals surface area contributed by atoms with E-state index in [0.717, 1.165) is 44.1 Å². The Balaban J connectivity index is 0.00000364. The molecule has 1 heterocycles. The van der Waals surface area contributed by atoms with Crippen molar-refractivity contribution in [1.82, 2.24) is 15.5 Å². The lowest BCUT2D eigenvalue weighted by atomic mass is 10.1. The van der Waals surface area contributed by atoms with Gasteiger partial charge in [-0.2, -0.15) is 0 Å². The van der Waals surface area contributed by atoms with Gasteiger partial charge in [0.05, 0.1) is 18.2 Å². The largest absolute Gasteiger partial charge is 0.373 e. The summed E-state index contributed by atoms with van der Waals surface area (Å²) in [6.07, 6.45) is 1.64. The van der Waals surface area contributed by atoms with E-state index in [9.17, 15) is 4.39 Å². The SMILES string of the molecule is CN=C(NCCCN1CC(C)OC(C)C1)NC(C)c1ccc(C)c(F)c1.I. The Labute approximate surface area is 180 Å². The second-order valence-corrected chi connectivity index (χ2v) is 7.24. The van der Waals surface area contributed by atoms with E-state index >= 15 is 0 Å². The number of aliphatic imine (C=N–C) groups is 1. The molecule has 27 heavy (non-hydrogen) atoms. The molecule has 154 valence electrons. The number of nitrogens with zero attached hydrogens (tertiary/aromatic N) is 2. The molecule has 5 nitrogen and oxygen atoms in total. The Morgan fingerprint density at radius 2 is 2.00 bits per heavy atom. The Bertz CT molecular complexity index is 604. The number of guanidine groups is 1. The van der Waals surface area contributed by atoms with E-state index in [4.69, 9.17) is 4.74 Å². The zero-order chi connectivity index (χ0) is 19.1. The topological polar surface area (TPSA) is 48.9 Å². The predicted molar refractivity (Wildman–Crippen MR) is 121 cm³/mol. The highest BCUT2D eigenvalue weighted by Crippen LogP contribution is 2.16. The summed E-state index contributed by atoms with van der Waals surface area (Å²) in [7, 11) is 1.75. The molecule has 1 aliphatic rings. The van der Waals surface area contributed by atoms with E-state index in [-0.39, 0.29) is 35.8 Å². The number of halogens is 2. The maximum absolute atomic E-state index is 13.8. The van der Waals surface area contributed by atoms with Crippen LogP contribution in [0.4, 0.5) is 4.39 Å². The molecule has 1 aliphatic heterocycles. The van der Waals surface area contributed by atoms with E-state index in [1.54, 1.807) is 20.0 Å². The van der Waals surface area contributed by atoms with Gasteiger partial charge in [0.25, 0.3) is 0 Å². The smallest absolute Gasteiger partial charge is 0.191 e. The van der Waals surface area contributed by atoms with E-state index in [1.807, 2.05) is 19.1 Å². The summed E-state index contributed by atoms with van der Waals surface area (Å²) in [5, 5.41) is 6.67. The number of rotatable bonds is 6. The molecule has 0 radical (unpaired) electrons. The van der Waals surface area contributed by atoms with Gasteiger partial charge in [-0.05, 0) is 51.3 Å². The van der Waals surface area contributed by atoms with E-state index < -0.39 is 0 Å². The molecule has 0 aromatic heterocycles. The van der Waals surface area contributed by atoms with Crippen LogP contribution in [0.5, 0.6) is 0 Å². The third kappa shape index (κ3) is 7.91. The molecule has 2 rings (SSSR count). The molecule has 1 saturated heterocycles. The molecule has 0 aliphatic carbocycles. The molecule has 3 unspecified atom stereocenters. The van der Waals surface area contributed by atoms with Gasteiger partial charge in [-0.3, -0.25) is 9.89 Å². The van der Waals surface area contributed by atoms with Crippen molar-refractivity contribution >= 4 is 29.9 Å². The van der Waals surface area contributed by atoms with Gasteiger partial charge in [-0.1, -0.05) is 12.1 Å². The first kappa shape index (κ1) is 24.1. The quantitative estimate of drug-likeness (QED) is 0.277. The average molecular weight is 492 g/mol. The third-order valence-corrected chi connectivity index (χ3v) is 4.71. The molecule has 0 amide bonds. The predicted octanol–water partition coefficient (Wildman–Crippen LogP) is 3.48. The van der Waals surface area contributed by atoms with Gasteiger partial charge in [0.15, 0.2) is 5.96 Å². The first-order valence-electron chi connectivity index (χ1n) is 9.50. The summed E-state index contributed by atoms with van der Waals surface area (Å²) < 4.78 is 19.5. The van der Waals surface area contributed by atoms with Gasteiger partial charge in [-0.15, -0.1) is 24.0 Å². The fraction of sp³-hybridized carbons (Fsp3) is 0.650. The summed E-state index contributed by atoms with van der Waals surface area (Å²) in [5.41, 5.74) is 1.57. The molecule has 0 saturated carbocycles. The van der Waals surface area contributed by atoms with Crippen molar-refractivity contribution in [2.75, 3.05) is 33.2 Å². The zero-order valence-electron chi connectivity index (χ0n) is 17.1. The molecule has 1 aromatic rings. The van der Waals surface area contributed by atoms with Crippen LogP contribution in [-0.2, 0) is 4.74 Å². The van der Waals surface area contributed by atoms with Crippen LogP contribution in [0.15, 0.2) is 23.2 Å². The molecule has 1 aromatic carbocycles. The molecule has 0 bridgehead atoms. The minimum Gasteiger partial charge on any atom is -0.373 e. The van der Waals surface area contributed by atoms with Gasteiger partial charge in [-0.25, -0.2) is 4.39 Å². The van der Waals surface area contributed by atoms with Gasteiger partial charge in [0.2, 0.25) is 0 Å². The summed E-state index contributed by atoms with van der Waals surface area (Å²) in [4.78, 5) is 6.72.